The van der Waals surface area contributed by atoms with Crippen LogP contribution in [0.15, 0.2) is 0 Å². The highest BCUT2D eigenvalue weighted by molar-refractivity contribution is 14.3. The van der Waals surface area contributed by atoms with Crippen LogP contribution in [0.4, 0.5) is 0 Å². The standard InChI is InChI=1S/C18H32BI2N7O8/c20-19(21)24-18(34)17(22)23-15(31)9-25-1-2-26(10-16(32)33)4-6-28(12-36-14-30)8-7-27(5-3-25)11-35-13-29/h13-14,17H,1-12,22H2,(H,23,31)(H,24,34)(H,32,33). The smallest absolute Gasteiger partial charge is 0.399 e. The van der Waals surface area contributed by atoms with Crippen molar-refractivity contribution in [2.24, 2.45) is 5.73 Å². The Balaban J connectivity index is 2.90. The largest absolute Gasteiger partial charge is 0.480 e. The summed E-state index contributed by atoms with van der Waals surface area (Å²) in [7, 11) is 0. The highest BCUT2D eigenvalue weighted by atomic mass is 127. The van der Waals surface area contributed by atoms with Gasteiger partial charge in [-0.3, -0.25) is 43.6 Å². The van der Waals surface area contributed by atoms with Crippen LogP contribution < -0.4 is 16.3 Å². The number of carboxylic acids is 1. The lowest BCUT2D eigenvalue weighted by atomic mass is 10.3. The van der Waals surface area contributed by atoms with Crippen molar-refractivity contribution >= 4 is 78.0 Å². The fourth-order valence-corrected chi connectivity index (χ4v) is 3.91. The van der Waals surface area contributed by atoms with Gasteiger partial charge < -0.3 is 30.9 Å². The second-order valence-electron chi connectivity index (χ2n) is 7.82. The third kappa shape index (κ3) is 15.0. The molecule has 1 saturated heterocycles. The van der Waals surface area contributed by atoms with E-state index in [0.717, 1.165) is 0 Å². The highest BCUT2D eigenvalue weighted by Gasteiger charge is 2.22. The van der Waals surface area contributed by atoms with Gasteiger partial charge in [0.1, 0.15) is 13.5 Å². The van der Waals surface area contributed by atoms with E-state index in [0.29, 0.717) is 65.3 Å². The van der Waals surface area contributed by atoms with Crippen LogP contribution in [0.1, 0.15) is 0 Å². The third-order valence-electron chi connectivity index (χ3n) is 5.16. The lowest BCUT2D eigenvalue weighted by molar-refractivity contribution is -0.139. The topological polar surface area (TPSA) is 187 Å². The summed E-state index contributed by atoms with van der Waals surface area (Å²) in [4.78, 5) is 64.6. The summed E-state index contributed by atoms with van der Waals surface area (Å²) in [5.74, 6) is -1.96. The number of carboxylic acid groups (broad SMARTS) is 1. The Kier molecular flexibility index (Phi) is 17.1. The molecule has 18 heteroatoms. The van der Waals surface area contributed by atoms with Gasteiger partial charge in [-0.25, -0.2) is 0 Å². The van der Waals surface area contributed by atoms with Crippen molar-refractivity contribution in [1.82, 2.24) is 30.1 Å². The quantitative estimate of drug-likeness (QED) is 0.0646. The maximum Gasteiger partial charge on any atom is 0.399 e. The highest BCUT2D eigenvalue weighted by Crippen LogP contribution is 2.02. The first-order valence-electron chi connectivity index (χ1n) is 11.0. The van der Waals surface area contributed by atoms with Crippen molar-refractivity contribution in [2.45, 2.75) is 6.17 Å². The van der Waals surface area contributed by atoms with Gasteiger partial charge >= 0.3 is 8.53 Å². The summed E-state index contributed by atoms with van der Waals surface area (Å²) in [6, 6.07) is 0. The molecule has 0 bridgehead atoms. The first-order chi connectivity index (χ1) is 17.1. The summed E-state index contributed by atoms with van der Waals surface area (Å²) in [6.07, 6.45) is -1.21. The first kappa shape index (κ1) is 32.7. The van der Waals surface area contributed by atoms with Crippen LogP contribution in [0.25, 0.3) is 0 Å². The van der Waals surface area contributed by atoms with E-state index in [2.05, 4.69) is 10.5 Å². The molecule has 1 heterocycles. The second-order valence-corrected chi connectivity index (χ2v) is 12.7. The van der Waals surface area contributed by atoms with Crippen molar-refractivity contribution in [3.63, 3.8) is 0 Å². The van der Waals surface area contributed by atoms with Crippen LogP contribution in [0.2, 0.25) is 0 Å². The van der Waals surface area contributed by atoms with Gasteiger partial charge in [-0.2, -0.15) is 0 Å². The molecule has 5 N–H and O–H groups in total. The summed E-state index contributed by atoms with van der Waals surface area (Å²) in [5.41, 5.74) is 5.78. The van der Waals surface area contributed by atoms with Gasteiger partial charge in [-0.1, -0.05) is 0 Å². The van der Waals surface area contributed by atoms with Crippen LogP contribution in [0.3, 0.4) is 0 Å². The number of nitrogens with zero attached hydrogens (tertiary/aromatic N) is 4. The molecule has 36 heavy (non-hydrogen) atoms. The number of ether oxygens (including phenoxy) is 2. The molecule has 1 rings (SSSR count). The molecule has 0 radical (unpaired) electrons. The number of halogens is 2. The van der Waals surface area contributed by atoms with E-state index in [9.17, 15) is 29.1 Å². The Morgan fingerprint density at radius 1 is 0.861 bits per heavy atom. The second kappa shape index (κ2) is 18.8. The average molecular weight is 739 g/mol. The van der Waals surface area contributed by atoms with Crippen molar-refractivity contribution < 1.29 is 38.6 Å². The number of rotatable bonds is 13. The van der Waals surface area contributed by atoms with Crippen LogP contribution in [-0.2, 0) is 33.4 Å². The average Bonchev–Trinajstić information content (AvgIpc) is 2.80. The van der Waals surface area contributed by atoms with E-state index >= 15 is 0 Å². The van der Waals surface area contributed by atoms with Gasteiger partial charge in [-0.15, -0.1) is 44.7 Å². The van der Waals surface area contributed by atoms with Gasteiger partial charge in [0.25, 0.3) is 12.9 Å². The van der Waals surface area contributed by atoms with Gasteiger partial charge in [-0.05, 0) is 0 Å². The Hall–Kier alpha value is -1.33. The van der Waals surface area contributed by atoms with E-state index < -0.39 is 23.9 Å². The van der Waals surface area contributed by atoms with Gasteiger partial charge in [0.05, 0.1) is 13.1 Å². The molecule has 1 aliphatic rings. The molecule has 0 aromatic rings. The number of nitrogens with one attached hydrogen (secondary N) is 2. The fraction of sp³-hybridized carbons (Fsp3) is 0.722. The van der Waals surface area contributed by atoms with E-state index in [-0.39, 0.29) is 29.1 Å². The van der Waals surface area contributed by atoms with Crippen molar-refractivity contribution in [1.29, 1.82) is 0 Å². The van der Waals surface area contributed by atoms with Gasteiger partial charge in [0, 0.05) is 52.4 Å². The minimum absolute atomic E-state index is 0.0376. The molecule has 0 aromatic carbocycles. The summed E-state index contributed by atoms with van der Waals surface area (Å²) < 4.78 is 9.59. The van der Waals surface area contributed by atoms with E-state index in [1.54, 1.807) is 4.90 Å². The predicted octanol–water partition coefficient (Wildman–Crippen LogP) is -3.07. The minimum atomic E-state index is -1.21. The van der Waals surface area contributed by atoms with Gasteiger partial charge in [0.2, 0.25) is 11.8 Å². The maximum absolute atomic E-state index is 12.6. The lowest BCUT2D eigenvalue weighted by Gasteiger charge is -2.33. The fourth-order valence-electron chi connectivity index (χ4n) is 3.30. The summed E-state index contributed by atoms with van der Waals surface area (Å²) in [5, 5.41) is 14.4. The van der Waals surface area contributed by atoms with Crippen LogP contribution in [-0.4, -0.2) is 143 Å². The Morgan fingerprint density at radius 3 is 1.67 bits per heavy atom. The van der Waals surface area contributed by atoms with Gasteiger partial charge in [0.15, 0.2) is 6.17 Å². The van der Waals surface area contributed by atoms with Crippen molar-refractivity contribution in [3.05, 3.63) is 0 Å². The lowest BCUT2D eigenvalue weighted by Crippen LogP contribution is -2.56. The summed E-state index contributed by atoms with van der Waals surface area (Å²) >= 11 is 3.98. The zero-order chi connectivity index (χ0) is 26.9. The maximum atomic E-state index is 12.6. The molecule has 2 amide bonds. The predicted molar refractivity (Wildman–Crippen MR) is 146 cm³/mol. The molecule has 15 nitrogen and oxygen atoms in total. The molecule has 0 aliphatic carbocycles. The zero-order valence-electron chi connectivity index (χ0n) is 19.7. The number of nitrogens with two attached hydrogens (primary N) is 1. The van der Waals surface area contributed by atoms with E-state index in [1.807, 2.05) is 59.4 Å². The zero-order valence-corrected chi connectivity index (χ0v) is 24.0. The molecular weight excluding hydrogens is 707 g/mol. The minimum Gasteiger partial charge on any atom is -0.480 e. The van der Waals surface area contributed by atoms with Crippen LogP contribution >= 0.6 is 44.7 Å². The monoisotopic (exact) mass is 739 g/mol. The third-order valence-corrected chi connectivity index (χ3v) is 5.78. The number of hydrogen-bond donors (Lipinski definition) is 4. The van der Waals surface area contributed by atoms with E-state index in [4.69, 9.17) is 15.2 Å². The molecule has 1 fully saturated rings. The molecule has 204 valence electrons. The molecule has 0 saturated carbocycles. The normalized spacial score (nSPS) is 18.1. The molecular formula is C18H32BI2N7O8. The molecule has 0 aromatic heterocycles. The molecule has 1 unspecified atom stereocenters. The first-order valence-corrected chi connectivity index (χ1v) is 13.5. The van der Waals surface area contributed by atoms with Crippen LogP contribution in [0, 0.1) is 0 Å². The number of amides is 2. The molecule has 1 atom stereocenters. The Bertz CT molecular complexity index is 727. The van der Waals surface area contributed by atoms with Crippen molar-refractivity contribution in [3.8, 4) is 0 Å². The van der Waals surface area contributed by atoms with Crippen molar-refractivity contribution in [2.75, 3.05) is 78.9 Å². The number of carbonyl (C=O) groups excluding carboxylic acids is 4. The Labute approximate surface area is 236 Å². The number of hydrogen-bond acceptors (Lipinski definition) is 12. The summed E-state index contributed by atoms with van der Waals surface area (Å²) in [6.45, 7) is 3.81. The SMILES string of the molecule is NC(NC(=O)CN1CCN(COC=O)CCN(COC=O)CCN(CC(=O)O)CC1)C(=O)NB(I)I. The number of carbonyl (C=O) groups is 5. The van der Waals surface area contributed by atoms with E-state index in [1.165, 1.54) is 0 Å². The molecule has 1 aliphatic heterocycles. The van der Waals surface area contributed by atoms with Crippen LogP contribution in [0.5, 0.6) is 0 Å². The Morgan fingerprint density at radius 2 is 1.28 bits per heavy atom. The number of aliphatic carboxylic acids is 1. The molecule has 0 spiro atoms.